The normalized spacial score (nSPS) is 23.8. The van der Waals surface area contributed by atoms with Crippen LogP contribution in [0.5, 0.6) is 0 Å². The summed E-state index contributed by atoms with van der Waals surface area (Å²) in [5.74, 6) is -0.0114. The molecule has 0 radical (unpaired) electrons. The molecule has 5 nitrogen and oxygen atoms in total. The van der Waals surface area contributed by atoms with E-state index in [1.807, 2.05) is 6.33 Å². The van der Waals surface area contributed by atoms with E-state index in [0.717, 1.165) is 19.3 Å². The van der Waals surface area contributed by atoms with E-state index >= 15 is 0 Å². The third-order valence-corrected chi connectivity index (χ3v) is 6.04. The zero-order chi connectivity index (χ0) is 18.4. The molecule has 1 N–H and O–H groups in total. The van der Waals surface area contributed by atoms with E-state index in [4.69, 9.17) is 0 Å². The van der Waals surface area contributed by atoms with Crippen molar-refractivity contribution in [3.63, 3.8) is 0 Å². The minimum absolute atomic E-state index is 0.0114. The molecule has 2 aliphatic carbocycles. The summed E-state index contributed by atoms with van der Waals surface area (Å²) in [6.45, 7) is 2.14. The Balaban J connectivity index is 1.64. The van der Waals surface area contributed by atoms with Gasteiger partial charge in [0.25, 0.3) is 6.43 Å². The zero-order valence-electron chi connectivity index (χ0n) is 15.3. The molecule has 7 heteroatoms. The monoisotopic (exact) mass is 364 g/mol. The molecule has 0 spiro atoms. The van der Waals surface area contributed by atoms with E-state index in [1.54, 1.807) is 7.05 Å². The number of nitrogens with zero attached hydrogens (tertiary/aromatic N) is 4. The van der Waals surface area contributed by atoms with Crippen LogP contribution in [-0.2, 0) is 19.9 Å². The number of alkyl halides is 2. The highest BCUT2D eigenvalue weighted by Crippen LogP contribution is 2.45. The maximum absolute atomic E-state index is 13.5. The lowest BCUT2D eigenvalue weighted by molar-refractivity contribution is 0.133. The minimum atomic E-state index is -2.62. The van der Waals surface area contributed by atoms with Crippen molar-refractivity contribution in [2.75, 3.05) is 0 Å². The molecule has 0 saturated carbocycles. The molecule has 0 aromatic carbocycles. The van der Waals surface area contributed by atoms with Crippen molar-refractivity contribution in [1.29, 1.82) is 0 Å². The second-order valence-corrected chi connectivity index (χ2v) is 7.74. The second kappa shape index (κ2) is 6.76. The Bertz CT molecular complexity index is 798. The quantitative estimate of drug-likeness (QED) is 0.892. The molecule has 2 heterocycles. The highest BCUT2D eigenvalue weighted by Gasteiger charge is 2.36. The van der Waals surface area contributed by atoms with Gasteiger partial charge in [-0.05, 0) is 57.8 Å². The summed E-state index contributed by atoms with van der Waals surface area (Å²) in [5, 5.41) is 14.3. The van der Waals surface area contributed by atoms with E-state index in [9.17, 15) is 13.9 Å². The number of hydrogen-bond donors (Lipinski definition) is 1. The van der Waals surface area contributed by atoms with Gasteiger partial charge in [0.05, 0.1) is 23.8 Å². The fraction of sp³-hybridized carbons (Fsp3) is 0.684. The minimum Gasteiger partial charge on any atom is -0.387 e. The lowest BCUT2D eigenvalue weighted by Crippen LogP contribution is -2.20. The number of aliphatic hydroxyl groups excluding tert-OH is 1. The van der Waals surface area contributed by atoms with E-state index in [2.05, 4.69) is 21.6 Å². The summed E-state index contributed by atoms with van der Waals surface area (Å²) in [5.41, 5.74) is 3.47. The van der Waals surface area contributed by atoms with Crippen molar-refractivity contribution in [3.05, 3.63) is 34.7 Å². The molecular formula is C19H26F2N4O. The van der Waals surface area contributed by atoms with Gasteiger partial charge in [0.15, 0.2) is 0 Å². The number of fused-ring (bicyclic) bond motifs is 2. The van der Waals surface area contributed by atoms with Gasteiger partial charge < -0.3 is 9.67 Å². The van der Waals surface area contributed by atoms with E-state index in [-0.39, 0.29) is 17.7 Å². The highest BCUT2D eigenvalue weighted by atomic mass is 19.3. The molecule has 2 aromatic rings. The lowest BCUT2D eigenvalue weighted by Gasteiger charge is -2.30. The van der Waals surface area contributed by atoms with Gasteiger partial charge in [0.2, 0.25) is 0 Å². The number of aryl methyl sites for hydroxylation is 2. The van der Waals surface area contributed by atoms with Gasteiger partial charge in [-0.1, -0.05) is 0 Å². The van der Waals surface area contributed by atoms with Crippen molar-refractivity contribution in [2.24, 2.45) is 7.05 Å². The Morgan fingerprint density at radius 1 is 1.27 bits per heavy atom. The Hall–Kier alpha value is -1.76. The zero-order valence-corrected chi connectivity index (χ0v) is 15.3. The average molecular weight is 364 g/mol. The summed E-state index contributed by atoms with van der Waals surface area (Å²) in [7, 11) is 1.64. The number of halogens is 2. The smallest absolute Gasteiger partial charge is 0.282 e. The molecule has 0 saturated heterocycles. The molecule has 4 rings (SSSR count). The van der Waals surface area contributed by atoms with Crippen LogP contribution in [0.15, 0.2) is 6.33 Å². The van der Waals surface area contributed by atoms with Crippen molar-refractivity contribution >= 4 is 0 Å². The Morgan fingerprint density at radius 3 is 2.81 bits per heavy atom. The molecule has 0 fully saturated rings. The predicted molar refractivity (Wildman–Crippen MR) is 93.3 cm³/mol. The number of aliphatic hydroxyl groups is 1. The van der Waals surface area contributed by atoms with Crippen LogP contribution in [0, 0.1) is 0 Å². The summed E-state index contributed by atoms with van der Waals surface area (Å²) in [4.78, 5) is 4.56. The van der Waals surface area contributed by atoms with Crippen molar-refractivity contribution in [3.8, 4) is 0 Å². The summed E-state index contributed by atoms with van der Waals surface area (Å²) in [6, 6.07) is 0.183. The third-order valence-electron chi connectivity index (χ3n) is 6.04. The van der Waals surface area contributed by atoms with E-state index in [0.29, 0.717) is 24.1 Å². The molecule has 2 aromatic heterocycles. The molecule has 142 valence electrons. The first kappa shape index (κ1) is 17.6. The van der Waals surface area contributed by atoms with Gasteiger partial charge >= 0.3 is 0 Å². The fourth-order valence-corrected chi connectivity index (χ4v) is 4.82. The highest BCUT2D eigenvalue weighted by molar-refractivity contribution is 5.35. The summed E-state index contributed by atoms with van der Waals surface area (Å²) < 4.78 is 30.7. The third kappa shape index (κ3) is 2.86. The lowest BCUT2D eigenvalue weighted by atomic mass is 9.80. The number of aromatic nitrogens is 4. The molecule has 0 amide bonds. The number of hydrogen-bond acceptors (Lipinski definition) is 3. The van der Waals surface area contributed by atoms with Gasteiger partial charge in [-0.2, -0.15) is 5.10 Å². The molecule has 2 aliphatic rings. The van der Waals surface area contributed by atoms with Gasteiger partial charge in [-0.25, -0.2) is 13.8 Å². The second-order valence-electron chi connectivity index (χ2n) is 7.74. The molecule has 3 atom stereocenters. The van der Waals surface area contributed by atoms with Crippen LogP contribution in [0.3, 0.4) is 0 Å². The maximum Gasteiger partial charge on any atom is 0.282 e. The van der Waals surface area contributed by atoms with Crippen LogP contribution >= 0.6 is 0 Å². The Morgan fingerprint density at radius 2 is 2.04 bits per heavy atom. The molecule has 0 aliphatic heterocycles. The van der Waals surface area contributed by atoms with Crippen LogP contribution in [0.2, 0.25) is 0 Å². The van der Waals surface area contributed by atoms with Gasteiger partial charge in [0, 0.05) is 24.3 Å². The fourth-order valence-electron chi connectivity index (χ4n) is 4.82. The Labute approximate surface area is 152 Å². The van der Waals surface area contributed by atoms with Gasteiger partial charge in [0.1, 0.15) is 5.69 Å². The largest absolute Gasteiger partial charge is 0.387 e. The Kier molecular flexibility index (Phi) is 4.59. The van der Waals surface area contributed by atoms with Crippen LogP contribution < -0.4 is 0 Å². The van der Waals surface area contributed by atoms with Crippen LogP contribution in [0.1, 0.15) is 91.9 Å². The van der Waals surface area contributed by atoms with E-state index in [1.165, 1.54) is 28.9 Å². The first-order valence-electron chi connectivity index (χ1n) is 9.54. The summed E-state index contributed by atoms with van der Waals surface area (Å²) in [6.07, 6.45) is 5.10. The van der Waals surface area contributed by atoms with Crippen LogP contribution in [-0.4, -0.2) is 24.4 Å². The van der Waals surface area contributed by atoms with Crippen molar-refractivity contribution in [2.45, 2.75) is 76.4 Å². The molecule has 0 bridgehead atoms. The number of rotatable bonds is 4. The predicted octanol–water partition coefficient (Wildman–Crippen LogP) is 4.00. The average Bonchev–Trinajstić information content (AvgIpc) is 3.19. The first-order valence-corrected chi connectivity index (χ1v) is 9.54. The molecule has 26 heavy (non-hydrogen) atoms. The van der Waals surface area contributed by atoms with Crippen molar-refractivity contribution in [1.82, 2.24) is 19.3 Å². The standard InChI is InChI=1S/C19H26F2N4O/c1-11(25-10-22-13-5-3-4-6-14(13)25)9-12-7-8-15(26)18-16(12)17(19(20)21)23-24(18)2/h10-12,15,19,26H,3-9H2,1-2H3. The van der Waals surface area contributed by atoms with Crippen molar-refractivity contribution < 1.29 is 13.9 Å². The summed E-state index contributed by atoms with van der Waals surface area (Å²) >= 11 is 0. The first-order chi connectivity index (χ1) is 12.5. The SMILES string of the molecule is CC(CC1CCC(O)c2c1c(C(F)F)nn2C)n1cnc2c1CCCC2. The topological polar surface area (TPSA) is 55.9 Å². The van der Waals surface area contributed by atoms with E-state index < -0.39 is 12.5 Å². The van der Waals surface area contributed by atoms with Gasteiger partial charge in [-0.15, -0.1) is 0 Å². The van der Waals surface area contributed by atoms with Crippen LogP contribution in [0.4, 0.5) is 8.78 Å². The maximum atomic E-state index is 13.5. The molecule has 3 unspecified atom stereocenters. The molecular weight excluding hydrogens is 338 g/mol. The number of imidazole rings is 1. The van der Waals surface area contributed by atoms with Gasteiger partial charge in [-0.3, -0.25) is 4.68 Å². The van der Waals surface area contributed by atoms with Crippen LogP contribution in [0.25, 0.3) is 0 Å².